The van der Waals surface area contributed by atoms with Crippen LogP contribution < -0.4 is 4.74 Å². The Morgan fingerprint density at radius 3 is 2.81 bits per heavy atom. The fraction of sp³-hybridized carbons (Fsp3) is 0.500. The van der Waals surface area contributed by atoms with Crippen molar-refractivity contribution in [1.82, 2.24) is 14.7 Å². The first-order chi connectivity index (χ1) is 12.5. The van der Waals surface area contributed by atoms with Gasteiger partial charge < -0.3 is 14.7 Å². The number of hydrogen-bond donors (Lipinski definition) is 1. The van der Waals surface area contributed by atoms with E-state index in [4.69, 9.17) is 4.74 Å². The predicted molar refractivity (Wildman–Crippen MR) is 97.0 cm³/mol. The molecule has 1 N–H and O–H groups in total. The number of likely N-dealkylation sites (tertiary alicyclic amines) is 1. The molecular weight excluding hydrogens is 330 g/mol. The Balaban J connectivity index is 1.29. The minimum absolute atomic E-state index is 0.0123. The van der Waals surface area contributed by atoms with Crippen LogP contribution in [-0.4, -0.2) is 51.0 Å². The number of aryl methyl sites for hydroxylation is 1. The van der Waals surface area contributed by atoms with Crippen molar-refractivity contribution in [3.8, 4) is 5.75 Å². The predicted octanol–water partition coefficient (Wildman–Crippen LogP) is 2.11. The molecule has 1 aliphatic heterocycles. The molecule has 2 heterocycles. The second-order valence-corrected chi connectivity index (χ2v) is 7.60. The van der Waals surface area contributed by atoms with E-state index in [1.807, 2.05) is 43.5 Å². The van der Waals surface area contributed by atoms with Crippen molar-refractivity contribution in [3.05, 3.63) is 47.8 Å². The molecule has 1 saturated carbocycles. The lowest BCUT2D eigenvalue weighted by Crippen LogP contribution is -2.41. The molecule has 26 heavy (non-hydrogen) atoms. The van der Waals surface area contributed by atoms with Gasteiger partial charge in [0.1, 0.15) is 24.5 Å². The number of hydrogen-bond acceptors (Lipinski definition) is 4. The summed E-state index contributed by atoms with van der Waals surface area (Å²) in [6.45, 7) is 3.28. The highest BCUT2D eigenvalue weighted by Gasteiger charge is 2.39. The molecule has 6 nitrogen and oxygen atoms in total. The Hall–Kier alpha value is -2.34. The summed E-state index contributed by atoms with van der Waals surface area (Å²) in [4.78, 5) is 14.2. The number of carbonyl (C=O) groups excluding carboxylic acids is 1. The molecule has 1 amide bonds. The number of nitrogens with zero attached hydrogens (tertiary/aromatic N) is 3. The van der Waals surface area contributed by atoms with E-state index >= 15 is 0 Å². The first kappa shape index (κ1) is 17.1. The summed E-state index contributed by atoms with van der Waals surface area (Å²) in [5.74, 6) is 1.31. The monoisotopic (exact) mass is 355 g/mol. The zero-order valence-corrected chi connectivity index (χ0v) is 15.1. The van der Waals surface area contributed by atoms with Crippen LogP contribution in [0, 0.1) is 6.92 Å². The standard InChI is InChI=1S/C20H25N3O3/c1-15-2-6-17(7-3-15)26-14-20(25)9-11-22(13-20)19(24)12-23-10-8-18(21-23)16-4-5-16/h2-3,6-8,10,16,25H,4-5,9,11-14H2,1H3/t20-/m1/s1. The van der Waals surface area contributed by atoms with Gasteiger partial charge in [-0.2, -0.15) is 5.10 Å². The fourth-order valence-electron chi connectivity index (χ4n) is 3.34. The van der Waals surface area contributed by atoms with Crippen molar-refractivity contribution in [1.29, 1.82) is 0 Å². The first-order valence-corrected chi connectivity index (χ1v) is 9.24. The molecule has 2 aliphatic rings. The lowest BCUT2D eigenvalue weighted by atomic mass is 10.1. The smallest absolute Gasteiger partial charge is 0.244 e. The summed E-state index contributed by atoms with van der Waals surface area (Å²) < 4.78 is 7.43. The summed E-state index contributed by atoms with van der Waals surface area (Å²) in [6.07, 6.45) is 4.79. The van der Waals surface area contributed by atoms with Crippen LogP contribution in [0.25, 0.3) is 0 Å². The Bertz CT molecular complexity index is 782. The number of aromatic nitrogens is 2. The van der Waals surface area contributed by atoms with Crippen LogP contribution in [0.15, 0.2) is 36.5 Å². The third-order valence-corrected chi connectivity index (χ3v) is 5.17. The van der Waals surface area contributed by atoms with E-state index in [9.17, 15) is 9.90 Å². The van der Waals surface area contributed by atoms with Gasteiger partial charge in [-0.25, -0.2) is 0 Å². The van der Waals surface area contributed by atoms with Crippen LogP contribution in [0.4, 0.5) is 0 Å². The second kappa shape index (κ2) is 6.76. The third-order valence-electron chi connectivity index (χ3n) is 5.17. The first-order valence-electron chi connectivity index (χ1n) is 9.24. The van der Waals surface area contributed by atoms with E-state index < -0.39 is 5.60 Å². The molecule has 0 radical (unpaired) electrons. The zero-order chi connectivity index (χ0) is 18.1. The van der Waals surface area contributed by atoms with Crippen LogP contribution in [0.3, 0.4) is 0 Å². The largest absolute Gasteiger partial charge is 0.491 e. The zero-order valence-electron chi connectivity index (χ0n) is 15.1. The maximum atomic E-state index is 12.5. The highest BCUT2D eigenvalue weighted by molar-refractivity contribution is 5.76. The van der Waals surface area contributed by atoms with E-state index in [0.717, 1.165) is 17.0 Å². The van der Waals surface area contributed by atoms with Gasteiger partial charge in [0.15, 0.2) is 0 Å². The van der Waals surface area contributed by atoms with Crippen LogP contribution in [0.5, 0.6) is 5.75 Å². The van der Waals surface area contributed by atoms with Gasteiger partial charge in [-0.15, -0.1) is 0 Å². The molecule has 2 fully saturated rings. The molecule has 0 unspecified atom stereocenters. The van der Waals surface area contributed by atoms with Gasteiger partial charge in [-0.1, -0.05) is 17.7 Å². The van der Waals surface area contributed by atoms with E-state index in [2.05, 4.69) is 5.10 Å². The molecular formula is C20H25N3O3. The van der Waals surface area contributed by atoms with Gasteiger partial charge in [-0.05, 0) is 44.4 Å². The lowest BCUT2D eigenvalue weighted by molar-refractivity contribution is -0.132. The molecule has 138 valence electrons. The molecule has 1 aromatic carbocycles. The summed E-state index contributed by atoms with van der Waals surface area (Å²) in [5.41, 5.74) is 1.25. The van der Waals surface area contributed by atoms with Gasteiger partial charge >= 0.3 is 0 Å². The number of β-amino-alcohol motifs (C(OH)–C–C–N with tert-alkyl or cyclic N) is 1. The number of carbonyl (C=O) groups is 1. The molecule has 2 aromatic rings. The van der Waals surface area contributed by atoms with E-state index in [1.54, 1.807) is 9.58 Å². The second-order valence-electron chi connectivity index (χ2n) is 7.60. The van der Waals surface area contributed by atoms with Crippen molar-refractivity contribution in [3.63, 3.8) is 0 Å². The molecule has 1 saturated heterocycles. The van der Waals surface area contributed by atoms with Gasteiger partial charge in [0.2, 0.25) is 5.91 Å². The van der Waals surface area contributed by atoms with Crippen molar-refractivity contribution < 1.29 is 14.6 Å². The van der Waals surface area contributed by atoms with Crippen molar-refractivity contribution in [2.75, 3.05) is 19.7 Å². The number of amides is 1. The van der Waals surface area contributed by atoms with Crippen molar-refractivity contribution >= 4 is 5.91 Å². The Morgan fingerprint density at radius 1 is 1.31 bits per heavy atom. The number of benzene rings is 1. The molecule has 1 atom stereocenters. The van der Waals surface area contributed by atoms with Crippen LogP contribution in [-0.2, 0) is 11.3 Å². The van der Waals surface area contributed by atoms with Crippen LogP contribution >= 0.6 is 0 Å². The average molecular weight is 355 g/mol. The Morgan fingerprint density at radius 2 is 2.08 bits per heavy atom. The number of aliphatic hydroxyl groups is 1. The highest BCUT2D eigenvalue weighted by Crippen LogP contribution is 2.38. The number of ether oxygens (including phenoxy) is 1. The minimum atomic E-state index is -0.996. The summed E-state index contributed by atoms with van der Waals surface area (Å²) in [6, 6.07) is 9.74. The molecule has 1 aromatic heterocycles. The summed E-state index contributed by atoms with van der Waals surface area (Å²) >= 11 is 0. The Labute approximate surface area is 153 Å². The molecule has 0 bridgehead atoms. The third kappa shape index (κ3) is 3.90. The topological polar surface area (TPSA) is 67.6 Å². The molecule has 6 heteroatoms. The summed E-state index contributed by atoms with van der Waals surface area (Å²) in [5, 5.41) is 15.2. The summed E-state index contributed by atoms with van der Waals surface area (Å²) in [7, 11) is 0. The SMILES string of the molecule is Cc1ccc(OC[C@@]2(O)CCN(C(=O)Cn3ccc(C4CC4)n3)C2)cc1. The van der Waals surface area contributed by atoms with Crippen molar-refractivity contribution in [2.24, 2.45) is 0 Å². The normalized spacial score (nSPS) is 22.6. The molecule has 4 rings (SSSR count). The number of rotatable bonds is 6. The van der Waals surface area contributed by atoms with Crippen LogP contribution in [0.2, 0.25) is 0 Å². The maximum Gasteiger partial charge on any atom is 0.244 e. The highest BCUT2D eigenvalue weighted by atomic mass is 16.5. The van der Waals surface area contributed by atoms with Crippen molar-refractivity contribution in [2.45, 2.75) is 44.2 Å². The lowest BCUT2D eigenvalue weighted by Gasteiger charge is -2.23. The van der Waals surface area contributed by atoms with E-state index in [1.165, 1.54) is 12.8 Å². The maximum absolute atomic E-state index is 12.5. The fourth-order valence-corrected chi connectivity index (χ4v) is 3.34. The van der Waals surface area contributed by atoms with Gasteiger partial charge in [0.05, 0.1) is 12.2 Å². The van der Waals surface area contributed by atoms with E-state index in [0.29, 0.717) is 25.4 Å². The molecule has 0 spiro atoms. The van der Waals surface area contributed by atoms with Crippen LogP contribution in [0.1, 0.15) is 36.4 Å². The quantitative estimate of drug-likeness (QED) is 0.862. The molecule has 1 aliphatic carbocycles. The van der Waals surface area contributed by atoms with Gasteiger partial charge in [0, 0.05) is 18.7 Å². The Kier molecular flexibility index (Phi) is 4.44. The average Bonchev–Trinajstić information content (AvgIpc) is 3.25. The van der Waals surface area contributed by atoms with E-state index in [-0.39, 0.29) is 19.1 Å². The van der Waals surface area contributed by atoms with Gasteiger partial charge in [0.25, 0.3) is 0 Å². The van der Waals surface area contributed by atoms with Gasteiger partial charge in [-0.3, -0.25) is 9.48 Å². The minimum Gasteiger partial charge on any atom is -0.491 e.